The summed E-state index contributed by atoms with van der Waals surface area (Å²) in [5.41, 5.74) is 5.75. The van der Waals surface area contributed by atoms with Crippen LogP contribution in [0.1, 0.15) is 26.7 Å². The van der Waals surface area contributed by atoms with Gasteiger partial charge in [-0.25, -0.2) is 4.98 Å². The molecule has 0 aliphatic heterocycles. The molecule has 0 bridgehead atoms. The Morgan fingerprint density at radius 3 is 2.47 bits per heavy atom. The van der Waals surface area contributed by atoms with Crippen molar-refractivity contribution in [2.75, 3.05) is 23.7 Å². The molecule has 0 fully saturated rings. The van der Waals surface area contributed by atoms with Gasteiger partial charge in [0.25, 0.3) is 5.95 Å². The summed E-state index contributed by atoms with van der Waals surface area (Å²) in [4.78, 5) is 18.6. The number of aromatic nitrogens is 6. The minimum atomic E-state index is 0.188. The average molecular weight is 262 g/mol. The maximum atomic E-state index is 5.75. The van der Waals surface area contributed by atoms with Crippen LogP contribution in [0.5, 0.6) is 0 Å². The molecule has 8 nitrogen and oxygen atoms in total. The molecule has 0 aliphatic carbocycles. The van der Waals surface area contributed by atoms with Gasteiger partial charge in [-0.3, -0.25) is 0 Å². The van der Waals surface area contributed by atoms with Gasteiger partial charge in [0.05, 0.1) is 0 Å². The van der Waals surface area contributed by atoms with Gasteiger partial charge in [0.1, 0.15) is 12.7 Å². The molecule has 0 aromatic carbocycles. The van der Waals surface area contributed by atoms with E-state index in [4.69, 9.17) is 5.73 Å². The van der Waals surface area contributed by atoms with Crippen LogP contribution in [0.25, 0.3) is 5.95 Å². The van der Waals surface area contributed by atoms with Gasteiger partial charge in [-0.15, -0.1) is 0 Å². The Morgan fingerprint density at radius 2 is 1.89 bits per heavy atom. The summed E-state index contributed by atoms with van der Waals surface area (Å²) in [5, 5.41) is 4.00. The average Bonchev–Trinajstić information content (AvgIpc) is 2.91. The Morgan fingerprint density at radius 1 is 1.16 bits per heavy atom. The van der Waals surface area contributed by atoms with Gasteiger partial charge in [0, 0.05) is 13.1 Å². The first-order valence-corrected chi connectivity index (χ1v) is 6.36. The SMILES string of the molecule is CCCN(CCC)c1nc(N)nc(-n2cncn2)n1. The number of hydrogen-bond donors (Lipinski definition) is 1. The zero-order valence-corrected chi connectivity index (χ0v) is 11.2. The predicted octanol–water partition coefficient (Wildman–Crippen LogP) is 0.661. The first kappa shape index (κ1) is 13.2. The predicted molar refractivity (Wildman–Crippen MR) is 72.0 cm³/mol. The molecular formula is C11H18N8. The number of nitrogens with zero attached hydrogens (tertiary/aromatic N) is 7. The van der Waals surface area contributed by atoms with Crippen molar-refractivity contribution in [2.45, 2.75) is 26.7 Å². The Hall–Kier alpha value is -2.25. The maximum absolute atomic E-state index is 5.75. The van der Waals surface area contributed by atoms with Crippen LogP contribution in [0.2, 0.25) is 0 Å². The maximum Gasteiger partial charge on any atom is 0.258 e. The molecule has 2 aromatic heterocycles. The van der Waals surface area contributed by atoms with Crippen LogP contribution in [0.3, 0.4) is 0 Å². The number of anilines is 2. The van der Waals surface area contributed by atoms with Crippen molar-refractivity contribution < 1.29 is 0 Å². The van der Waals surface area contributed by atoms with Gasteiger partial charge < -0.3 is 10.6 Å². The zero-order chi connectivity index (χ0) is 13.7. The standard InChI is InChI=1S/C11H18N8/c1-3-5-18(6-4-2)10-15-9(12)16-11(17-10)19-8-13-7-14-19/h7-8H,3-6H2,1-2H3,(H2,12,15,16,17). The van der Waals surface area contributed by atoms with Crippen molar-refractivity contribution in [3.05, 3.63) is 12.7 Å². The summed E-state index contributed by atoms with van der Waals surface area (Å²) in [6.07, 6.45) is 4.99. The number of nitrogens with two attached hydrogens (primary N) is 1. The van der Waals surface area contributed by atoms with Crippen molar-refractivity contribution in [1.29, 1.82) is 0 Å². The molecule has 2 N–H and O–H groups in total. The molecule has 0 saturated heterocycles. The van der Waals surface area contributed by atoms with Crippen LogP contribution >= 0.6 is 0 Å². The van der Waals surface area contributed by atoms with E-state index >= 15 is 0 Å². The summed E-state index contributed by atoms with van der Waals surface area (Å²) < 4.78 is 1.47. The fraction of sp³-hybridized carbons (Fsp3) is 0.545. The Kier molecular flexibility index (Phi) is 4.22. The van der Waals surface area contributed by atoms with Crippen LogP contribution < -0.4 is 10.6 Å². The monoisotopic (exact) mass is 262 g/mol. The molecule has 2 rings (SSSR count). The van der Waals surface area contributed by atoms with E-state index in [1.807, 2.05) is 0 Å². The van der Waals surface area contributed by atoms with E-state index in [9.17, 15) is 0 Å². The highest BCUT2D eigenvalue weighted by Gasteiger charge is 2.12. The van der Waals surface area contributed by atoms with Crippen molar-refractivity contribution in [2.24, 2.45) is 0 Å². The third-order valence-corrected chi connectivity index (χ3v) is 2.52. The van der Waals surface area contributed by atoms with E-state index in [0.29, 0.717) is 11.9 Å². The quantitative estimate of drug-likeness (QED) is 0.816. The molecule has 0 saturated carbocycles. The van der Waals surface area contributed by atoms with E-state index < -0.39 is 0 Å². The molecule has 0 radical (unpaired) electrons. The molecule has 0 atom stereocenters. The molecule has 0 unspecified atom stereocenters. The van der Waals surface area contributed by atoms with Gasteiger partial charge in [-0.05, 0) is 12.8 Å². The second-order valence-corrected chi connectivity index (χ2v) is 4.12. The van der Waals surface area contributed by atoms with Crippen LogP contribution in [-0.4, -0.2) is 42.8 Å². The fourth-order valence-corrected chi connectivity index (χ4v) is 1.78. The highest BCUT2D eigenvalue weighted by Crippen LogP contribution is 2.12. The Labute approximate surface area is 111 Å². The first-order valence-electron chi connectivity index (χ1n) is 6.36. The smallest absolute Gasteiger partial charge is 0.258 e. The topological polar surface area (TPSA) is 98.6 Å². The summed E-state index contributed by atoms with van der Waals surface area (Å²) in [6.45, 7) is 6.00. The lowest BCUT2D eigenvalue weighted by Crippen LogP contribution is -2.28. The molecule has 8 heteroatoms. The van der Waals surface area contributed by atoms with Gasteiger partial charge in [-0.2, -0.15) is 24.7 Å². The minimum Gasteiger partial charge on any atom is -0.368 e. The zero-order valence-electron chi connectivity index (χ0n) is 11.2. The van der Waals surface area contributed by atoms with Gasteiger partial charge in [0.15, 0.2) is 0 Å². The van der Waals surface area contributed by atoms with Crippen molar-refractivity contribution in [1.82, 2.24) is 29.7 Å². The molecule has 0 amide bonds. The molecule has 0 aliphatic rings. The fourth-order valence-electron chi connectivity index (χ4n) is 1.78. The van der Waals surface area contributed by atoms with Crippen LogP contribution in [0.15, 0.2) is 12.7 Å². The molecule has 0 spiro atoms. The number of hydrogen-bond acceptors (Lipinski definition) is 7. The number of nitrogen functional groups attached to an aromatic ring is 1. The minimum absolute atomic E-state index is 0.188. The van der Waals surface area contributed by atoms with Crippen molar-refractivity contribution in [3.63, 3.8) is 0 Å². The van der Waals surface area contributed by atoms with E-state index in [1.54, 1.807) is 0 Å². The van der Waals surface area contributed by atoms with Gasteiger partial charge >= 0.3 is 0 Å². The lowest BCUT2D eigenvalue weighted by molar-refractivity contribution is 0.707. The summed E-state index contributed by atoms with van der Waals surface area (Å²) in [5.74, 6) is 1.16. The third-order valence-electron chi connectivity index (χ3n) is 2.52. The summed E-state index contributed by atoms with van der Waals surface area (Å²) in [6, 6.07) is 0. The lowest BCUT2D eigenvalue weighted by atomic mass is 10.4. The van der Waals surface area contributed by atoms with E-state index in [0.717, 1.165) is 25.9 Å². The van der Waals surface area contributed by atoms with Gasteiger partial charge in [0.2, 0.25) is 11.9 Å². The van der Waals surface area contributed by atoms with Crippen LogP contribution in [0, 0.1) is 0 Å². The second kappa shape index (κ2) is 6.07. The molecule has 2 aromatic rings. The molecular weight excluding hydrogens is 244 g/mol. The molecule has 19 heavy (non-hydrogen) atoms. The largest absolute Gasteiger partial charge is 0.368 e. The highest BCUT2D eigenvalue weighted by atomic mass is 15.4. The van der Waals surface area contributed by atoms with Crippen LogP contribution in [0.4, 0.5) is 11.9 Å². The molecule has 102 valence electrons. The van der Waals surface area contributed by atoms with E-state index in [1.165, 1.54) is 17.3 Å². The third kappa shape index (κ3) is 3.15. The molecule has 2 heterocycles. The van der Waals surface area contributed by atoms with Crippen LogP contribution in [-0.2, 0) is 0 Å². The lowest BCUT2D eigenvalue weighted by Gasteiger charge is -2.21. The summed E-state index contributed by atoms with van der Waals surface area (Å²) >= 11 is 0. The van der Waals surface area contributed by atoms with E-state index in [2.05, 4.69) is 43.8 Å². The van der Waals surface area contributed by atoms with E-state index in [-0.39, 0.29) is 5.95 Å². The Balaban J connectivity index is 2.34. The normalized spacial score (nSPS) is 10.6. The highest BCUT2D eigenvalue weighted by molar-refractivity contribution is 5.37. The second-order valence-electron chi connectivity index (χ2n) is 4.12. The van der Waals surface area contributed by atoms with Gasteiger partial charge in [-0.1, -0.05) is 13.8 Å². The first-order chi connectivity index (χ1) is 9.24. The van der Waals surface area contributed by atoms with Crippen molar-refractivity contribution >= 4 is 11.9 Å². The summed E-state index contributed by atoms with van der Waals surface area (Å²) in [7, 11) is 0. The Bertz CT molecular complexity index is 503. The number of rotatable bonds is 6. The van der Waals surface area contributed by atoms with Crippen molar-refractivity contribution in [3.8, 4) is 5.95 Å².